The first kappa shape index (κ1) is 11.6. The number of amides is 1. The SMILES string of the molecule is Nc1cnc(CN2CCc3ccccc3C2=O)cn1. The molecule has 1 aliphatic heterocycles. The van der Waals surface area contributed by atoms with Gasteiger partial charge in [-0.15, -0.1) is 0 Å². The van der Waals surface area contributed by atoms with Gasteiger partial charge in [0.15, 0.2) is 0 Å². The van der Waals surface area contributed by atoms with Crippen LogP contribution in [0.25, 0.3) is 0 Å². The molecule has 1 amide bonds. The van der Waals surface area contributed by atoms with Crippen LogP contribution in [0.4, 0.5) is 5.82 Å². The minimum Gasteiger partial charge on any atom is -0.382 e. The lowest BCUT2D eigenvalue weighted by atomic mass is 9.99. The zero-order valence-electron chi connectivity index (χ0n) is 10.4. The van der Waals surface area contributed by atoms with Crippen LogP contribution >= 0.6 is 0 Å². The van der Waals surface area contributed by atoms with Gasteiger partial charge in [0.2, 0.25) is 0 Å². The van der Waals surface area contributed by atoms with E-state index in [2.05, 4.69) is 9.97 Å². The van der Waals surface area contributed by atoms with Gasteiger partial charge in [-0.3, -0.25) is 9.78 Å². The smallest absolute Gasteiger partial charge is 0.254 e. The molecule has 1 aromatic heterocycles. The molecule has 0 fully saturated rings. The topological polar surface area (TPSA) is 72.1 Å². The Balaban J connectivity index is 1.81. The van der Waals surface area contributed by atoms with Crippen molar-refractivity contribution in [3.8, 4) is 0 Å². The van der Waals surface area contributed by atoms with Crippen LogP contribution in [0, 0.1) is 0 Å². The third-order valence-electron chi connectivity index (χ3n) is 3.26. The number of rotatable bonds is 2. The van der Waals surface area contributed by atoms with E-state index in [4.69, 9.17) is 5.73 Å². The maximum atomic E-state index is 12.3. The molecular formula is C14H14N4O. The number of aromatic nitrogens is 2. The van der Waals surface area contributed by atoms with Crippen LogP contribution in [-0.2, 0) is 13.0 Å². The maximum absolute atomic E-state index is 12.3. The number of carbonyl (C=O) groups is 1. The van der Waals surface area contributed by atoms with Crippen LogP contribution in [0.1, 0.15) is 21.6 Å². The lowest BCUT2D eigenvalue weighted by Gasteiger charge is -2.28. The van der Waals surface area contributed by atoms with E-state index in [1.807, 2.05) is 24.3 Å². The Hall–Kier alpha value is -2.43. The summed E-state index contributed by atoms with van der Waals surface area (Å²) in [5, 5.41) is 0. The largest absolute Gasteiger partial charge is 0.382 e. The Kier molecular flexibility index (Phi) is 2.87. The van der Waals surface area contributed by atoms with Crippen LogP contribution < -0.4 is 5.73 Å². The van der Waals surface area contributed by atoms with Crippen molar-refractivity contribution in [3.05, 3.63) is 53.5 Å². The zero-order valence-corrected chi connectivity index (χ0v) is 10.4. The second-order valence-electron chi connectivity index (χ2n) is 4.57. The summed E-state index contributed by atoms with van der Waals surface area (Å²) in [4.78, 5) is 22.3. The highest BCUT2D eigenvalue weighted by Crippen LogP contribution is 2.19. The minimum atomic E-state index is 0.0560. The molecule has 2 N–H and O–H groups in total. The van der Waals surface area contributed by atoms with Crippen LogP contribution in [0.15, 0.2) is 36.7 Å². The first-order valence-corrected chi connectivity index (χ1v) is 6.17. The molecule has 2 aromatic rings. The number of nitrogens with two attached hydrogens (primary N) is 1. The van der Waals surface area contributed by atoms with Crippen molar-refractivity contribution in [2.24, 2.45) is 0 Å². The third kappa shape index (κ3) is 2.27. The van der Waals surface area contributed by atoms with Crippen LogP contribution in [0.3, 0.4) is 0 Å². The fraction of sp³-hybridized carbons (Fsp3) is 0.214. The fourth-order valence-electron chi connectivity index (χ4n) is 2.27. The second-order valence-corrected chi connectivity index (χ2v) is 4.57. The van der Waals surface area contributed by atoms with Crippen molar-refractivity contribution in [1.82, 2.24) is 14.9 Å². The predicted molar refractivity (Wildman–Crippen MR) is 71.3 cm³/mol. The van der Waals surface area contributed by atoms with Gasteiger partial charge < -0.3 is 10.6 Å². The Labute approximate surface area is 111 Å². The highest BCUT2D eigenvalue weighted by molar-refractivity contribution is 5.96. The first-order chi connectivity index (χ1) is 9.24. The van der Waals surface area contributed by atoms with Crippen LogP contribution in [0.5, 0.6) is 0 Å². The summed E-state index contributed by atoms with van der Waals surface area (Å²) in [7, 11) is 0. The maximum Gasteiger partial charge on any atom is 0.254 e. The summed E-state index contributed by atoms with van der Waals surface area (Å²) in [6, 6.07) is 7.74. The lowest BCUT2D eigenvalue weighted by molar-refractivity contribution is 0.0725. The van der Waals surface area contributed by atoms with Gasteiger partial charge in [0, 0.05) is 12.1 Å². The number of hydrogen-bond donors (Lipinski definition) is 1. The molecule has 5 heteroatoms. The average molecular weight is 254 g/mol. The predicted octanol–water partition coefficient (Wildman–Crippen LogP) is 1.26. The quantitative estimate of drug-likeness (QED) is 0.875. The highest BCUT2D eigenvalue weighted by atomic mass is 16.2. The summed E-state index contributed by atoms with van der Waals surface area (Å²) in [5.41, 5.74) is 8.15. The summed E-state index contributed by atoms with van der Waals surface area (Å²) in [5.74, 6) is 0.444. The molecule has 1 aliphatic rings. The number of carbonyl (C=O) groups excluding carboxylic acids is 1. The Morgan fingerprint density at radius 3 is 2.84 bits per heavy atom. The monoisotopic (exact) mass is 254 g/mol. The molecule has 0 saturated carbocycles. The van der Waals surface area contributed by atoms with Gasteiger partial charge in [0.05, 0.1) is 24.6 Å². The number of nitrogen functional groups attached to an aromatic ring is 1. The zero-order chi connectivity index (χ0) is 13.2. The van der Waals surface area contributed by atoms with E-state index >= 15 is 0 Å². The van der Waals surface area contributed by atoms with Crippen molar-refractivity contribution in [3.63, 3.8) is 0 Å². The van der Waals surface area contributed by atoms with Crippen molar-refractivity contribution in [2.45, 2.75) is 13.0 Å². The number of fused-ring (bicyclic) bond motifs is 1. The molecule has 0 atom stereocenters. The van der Waals surface area contributed by atoms with Gasteiger partial charge in [0.1, 0.15) is 5.82 Å². The van der Waals surface area contributed by atoms with Crippen LogP contribution in [-0.4, -0.2) is 27.3 Å². The van der Waals surface area contributed by atoms with Gasteiger partial charge in [-0.2, -0.15) is 0 Å². The average Bonchev–Trinajstić information content (AvgIpc) is 2.45. The van der Waals surface area contributed by atoms with Crippen molar-refractivity contribution in [1.29, 1.82) is 0 Å². The molecular weight excluding hydrogens is 240 g/mol. The molecule has 0 spiro atoms. The molecule has 1 aromatic carbocycles. The molecule has 0 unspecified atom stereocenters. The molecule has 5 nitrogen and oxygen atoms in total. The molecule has 0 radical (unpaired) electrons. The number of hydrogen-bond acceptors (Lipinski definition) is 4. The molecule has 0 aliphatic carbocycles. The fourth-order valence-corrected chi connectivity index (χ4v) is 2.27. The van der Waals surface area contributed by atoms with Crippen molar-refractivity contribution >= 4 is 11.7 Å². The molecule has 0 saturated heterocycles. The molecule has 0 bridgehead atoms. The van der Waals surface area contributed by atoms with Gasteiger partial charge in [-0.05, 0) is 18.1 Å². The van der Waals surface area contributed by atoms with E-state index in [-0.39, 0.29) is 5.91 Å². The standard InChI is InChI=1S/C14H14N4O/c15-13-8-16-11(7-17-13)9-18-6-5-10-3-1-2-4-12(10)14(18)19/h1-4,7-8H,5-6,9H2,(H2,15,17). The summed E-state index contributed by atoms with van der Waals surface area (Å²) < 4.78 is 0. The van der Waals surface area contributed by atoms with Gasteiger partial charge >= 0.3 is 0 Å². The highest BCUT2D eigenvalue weighted by Gasteiger charge is 2.23. The van der Waals surface area contributed by atoms with E-state index in [9.17, 15) is 4.79 Å². The summed E-state index contributed by atoms with van der Waals surface area (Å²) in [6.07, 6.45) is 4.01. The van der Waals surface area contributed by atoms with E-state index in [0.29, 0.717) is 18.9 Å². The Bertz CT molecular complexity index is 609. The van der Waals surface area contributed by atoms with Gasteiger partial charge in [-0.25, -0.2) is 4.98 Å². The molecule has 3 rings (SSSR count). The van der Waals surface area contributed by atoms with E-state index in [1.54, 1.807) is 11.1 Å². The number of nitrogens with zero attached hydrogens (tertiary/aromatic N) is 3. The minimum absolute atomic E-state index is 0.0560. The Morgan fingerprint density at radius 1 is 1.21 bits per heavy atom. The normalized spacial score (nSPS) is 14.3. The molecule has 2 heterocycles. The third-order valence-corrected chi connectivity index (χ3v) is 3.26. The van der Waals surface area contributed by atoms with E-state index in [0.717, 1.165) is 23.2 Å². The molecule has 96 valence electrons. The van der Waals surface area contributed by atoms with Gasteiger partial charge in [-0.1, -0.05) is 18.2 Å². The van der Waals surface area contributed by atoms with Gasteiger partial charge in [0.25, 0.3) is 5.91 Å². The summed E-state index contributed by atoms with van der Waals surface area (Å²) >= 11 is 0. The second kappa shape index (κ2) is 4.68. The first-order valence-electron chi connectivity index (χ1n) is 6.17. The van der Waals surface area contributed by atoms with E-state index in [1.165, 1.54) is 6.20 Å². The number of anilines is 1. The van der Waals surface area contributed by atoms with Crippen molar-refractivity contribution in [2.75, 3.05) is 12.3 Å². The summed E-state index contributed by atoms with van der Waals surface area (Å²) in [6.45, 7) is 1.18. The van der Waals surface area contributed by atoms with E-state index < -0.39 is 0 Å². The number of benzene rings is 1. The Morgan fingerprint density at radius 2 is 2.05 bits per heavy atom. The lowest BCUT2D eigenvalue weighted by Crippen LogP contribution is -2.37. The van der Waals surface area contributed by atoms with Crippen LogP contribution in [0.2, 0.25) is 0 Å². The molecule has 19 heavy (non-hydrogen) atoms. The van der Waals surface area contributed by atoms with Crippen molar-refractivity contribution < 1.29 is 4.79 Å².